The third-order valence-corrected chi connectivity index (χ3v) is 10.7. The highest BCUT2D eigenvalue weighted by molar-refractivity contribution is 6.74. The number of carbonyl (C=O) groups is 3. The zero-order valence-electron chi connectivity index (χ0n) is 19.5. The first kappa shape index (κ1) is 24.4. The highest BCUT2D eigenvalue weighted by Gasteiger charge is 2.53. The molecule has 2 rings (SSSR count). The lowest BCUT2D eigenvalue weighted by molar-refractivity contribution is -0.154. The van der Waals surface area contributed by atoms with E-state index in [0.29, 0.717) is 0 Å². The van der Waals surface area contributed by atoms with Crippen LogP contribution in [0.3, 0.4) is 0 Å². The molecule has 1 heterocycles. The van der Waals surface area contributed by atoms with E-state index < -0.39 is 32.2 Å². The van der Waals surface area contributed by atoms with E-state index in [9.17, 15) is 14.4 Å². The quantitative estimate of drug-likeness (QED) is 0.441. The smallest absolute Gasteiger partial charge is 0.340 e. The summed E-state index contributed by atoms with van der Waals surface area (Å²) in [6.45, 7) is 13.9. The van der Waals surface area contributed by atoms with Gasteiger partial charge in [-0.25, -0.2) is 9.59 Å². The molecule has 8 heteroatoms. The van der Waals surface area contributed by atoms with Crippen LogP contribution >= 0.6 is 0 Å². The highest BCUT2D eigenvalue weighted by atomic mass is 28.4. The zero-order valence-corrected chi connectivity index (χ0v) is 20.5. The van der Waals surface area contributed by atoms with E-state index >= 15 is 0 Å². The molecule has 0 aromatic rings. The molecule has 0 saturated heterocycles. The summed E-state index contributed by atoms with van der Waals surface area (Å²) in [6.07, 6.45) is 4.67. The molecule has 1 aliphatic carbocycles. The van der Waals surface area contributed by atoms with Crippen LogP contribution in [0.1, 0.15) is 66.7 Å². The highest BCUT2D eigenvalue weighted by Crippen LogP contribution is 2.42. The van der Waals surface area contributed by atoms with Gasteiger partial charge in [-0.05, 0) is 44.8 Å². The molecule has 0 aromatic carbocycles. The molecule has 1 aliphatic heterocycles. The third kappa shape index (κ3) is 4.90. The van der Waals surface area contributed by atoms with E-state index in [-0.39, 0.29) is 35.6 Å². The maximum Gasteiger partial charge on any atom is 0.340 e. The number of ether oxygens (including phenoxy) is 2. The second kappa shape index (κ2) is 9.54. The number of hydrogen-bond acceptors (Lipinski definition) is 6. The van der Waals surface area contributed by atoms with Crippen LogP contribution in [0.4, 0.5) is 0 Å². The van der Waals surface area contributed by atoms with Gasteiger partial charge in [-0.1, -0.05) is 40.0 Å². The number of amides is 1. The van der Waals surface area contributed by atoms with Crippen LogP contribution in [0.25, 0.3) is 0 Å². The monoisotopic (exact) mass is 439 g/mol. The molecule has 0 N–H and O–H groups in total. The van der Waals surface area contributed by atoms with Crippen molar-refractivity contribution in [3.8, 4) is 0 Å². The molecular weight excluding hydrogens is 402 g/mol. The van der Waals surface area contributed by atoms with E-state index in [1.165, 1.54) is 4.90 Å². The fraction of sp³-hybridized carbons (Fsp3) is 0.773. The van der Waals surface area contributed by atoms with Gasteiger partial charge in [-0.15, -0.1) is 0 Å². The Kier molecular flexibility index (Phi) is 7.77. The van der Waals surface area contributed by atoms with E-state index in [4.69, 9.17) is 13.9 Å². The van der Waals surface area contributed by atoms with Crippen LogP contribution in [0, 0.1) is 0 Å². The minimum absolute atomic E-state index is 0.00398. The molecule has 7 nitrogen and oxygen atoms in total. The summed E-state index contributed by atoms with van der Waals surface area (Å²) in [5.41, 5.74) is -0.00398. The van der Waals surface area contributed by atoms with Crippen molar-refractivity contribution in [2.75, 3.05) is 13.2 Å². The predicted molar refractivity (Wildman–Crippen MR) is 116 cm³/mol. The molecule has 1 unspecified atom stereocenters. The van der Waals surface area contributed by atoms with Crippen molar-refractivity contribution in [1.82, 2.24) is 4.90 Å². The molecule has 1 fully saturated rings. The Labute approximate surface area is 181 Å². The summed E-state index contributed by atoms with van der Waals surface area (Å²) in [4.78, 5) is 41.1. The lowest BCUT2D eigenvalue weighted by atomic mass is 9.93. The maximum atomic E-state index is 13.6. The molecule has 1 atom stereocenters. The van der Waals surface area contributed by atoms with Gasteiger partial charge < -0.3 is 18.8 Å². The Morgan fingerprint density at radius 2 is 1.60 bits per heavy atom. The first-order valence-corrected chi connectivity index (χ1v) is 14.0. The van der Waals surface area contributed by atoms with Crippen LogP contribution in [0.15, 0.2) is 11.3 Å². The van der Waals surface area contributed by atoms with Crippen LogP contribution in [-0.4, -0.2) is 56.4 Å². The van der Waals surface area contributed by atoms with Gasteiger partial charge >= 0.3 is 11.9 Å². The zero-order chi connectivity index (χ0) is 22.7. The Morgan fingerprint density at radius 1 is 1.03 bits per heavy atom. The lowest BCUT2D eigenvalue weighted by Gasteiger charge is -2.37. The second-order valence-corrected chi connectivity index (χ2v) is 14.2. The van der Waals surface area contributed by atoms with Crippen molar-refractivity contribution in [2.24, 2.45) is 0 Å². The SMILES string of the molecule is CCOC(=O)C1=C(O[Si](C)(C)C(C)(C)C)C(=O)N(C2CCCCC2)C1C(=O)OCC. The van der Waals surface area contributed by atoms with Gasteiger partial charge in [0.15, 0.2) is 11.8 Å². The number of esters is 2. The molecular formula is C22H37NO6Si. The molecule has 0 bridgehead atoms. The molecule has 170 valence electrons. The van der Waals surface area contributed by atoms with Gasteiger partial charge in [0.1, 0.15) is 5.57 Å². The standard InChI is InChI=1S/C22H37NO6Si/c1-8-27-20(25)16-17(21(26)28-9-2)23(15-13-11-10-12-14-15)19(24)18(16)29-30(6,7)22(3,4)5/h15,17H,8-14H2,1-7H3. The summed E-state index contributed by atoms with van der Waals surface area (Å²) in [5, 5.41) is -0.183. The third-order valence-electron chi connectivity index (χ3n) is 6.36. The Morgan fingerprint density at radius 3 is 2.10 bits per heavy atom. The first-order chi connectivity index (χ1) is 14.0. The van der Waals surface area contributed by atoms with Gasteiger partial charge in [-0.3, -0.25) is 4.79 Å². The van der Waals surface area contributed by atoms with E-state index in [1.807, 2.05) is 13.1 Å². The lowest BCUT2D eigenvalue weighted by Crippen LogP contribution is -2.50. The van der Waals surface area contributed by atoms with Crippen molar-refractivity contribution < 1.29 is 28.3 Å². The summed E-state index contributed by atoms with van der Waals surface area (Å²) < 4.78 is 16.9. The largest absolute Gasteiger partial charge is 0.539 e. The average Bonchev–Trinajstić information content (AvgIpc) is 2.94. The number of rotatable bonds is 7. The van der Waals surface area contributed by atoms with Gasteiger partial charge in [0, 0.05) is 6.04 Å². The Hall–Kier alpha value is -1.83. The van der Waals surface area contributed by atoms with Crippen molar-refractivity contribution >= 4 is 26.2 Å². The van der Waals surface area contributed by atoms with Crippen molar-refractivity contribution in [1.29, 1.82) is 0 Å². The molecule has 0 aromatic heterocycles. The molecule has 0 spiro atoms. The van der Waals surface area contributed by atoms with Crippen molar-refractivity contribution in [2.45, 2.75) is 96.9 Å². The fourth-order valence-corrected chi connectivity index (χ4v) is 4.74. The number of nitrogens with zero attached hydrogens (tertiary/aromatic N) is 1. The molecule has 0 radical (unpaired) electrons. The first-order valence-electron chi connectivity index (χ1n) is 11.1. The molecule has 2 aliphatic rings. The average molecular weight is 440 g/mol. The minimum Gasteiger partial charge on any atom is -0.539 e. The van der Waals surface area contributed by atoms with Crippen LogP contribution in [0.2, 0.25) is 18.1 Å². The maximum absolute atomic E-state index is 13.6. The minimum atomic E-state index is -2.45. The number of hydrogen-bond donors (Lipinski definition) is 0. The summed E-state index contributed by atoms with van der Waals surface area (Å²) in [7, 11) is -2.45. The molecule has 1 amide bonds. The topological polar surface area (TPSA) is 82.1 Å². The van der Waals surface area contributed by atoms with Gasteiger partial charge in [0.05, 0.1) is 13.2 Å². The predicted octanol–water partition coefficient (Wildman–Crippen LogP) is 3.93. The van der Waals surface area contributed by atoms with Crippen LogP contribution in [0.5, 0.6) is 0 Å². The van der Waals surface area contributed by atoms with Gasteiger partial charge in [-0.2, -0.15) is 0 Å². The Bertz CT molecular complexity index is 703. The normalized spacial score (nSPS) is 21.1. The van der Waals surface area contributed by atoms with Gasteiger partial charge in [0.25, 0.3) is 14.2 Å². The van der Waals surface area contributed by atoms with Crippen LogP contribution in [-0.2, 0) is 28.3 Å². The molecule has 30 heavy (non-hydrogen) atoms. The van der Waals surface area contributed by atoms with Crippen molar-refractivity contribution in [3.05, 3.63) is 11.3 Å². The number of carbonyl (C=O) groups excluding carboxylic acids is 3. The van der Waals surface area contributed by atoms with Crippen LogP contribution < -0.4 is 0 Å². The second-order valence-electron chi connectivity index (χ2n) is 9.48. The van der Waals surface area contributed by atoms with E-state index in [1.54, 1.807) is 13.8 Å². The fourth-order valence-electron chi connectivity index (χ4n) is 3.72. The summed E-state index contributed by atoms with van der Waals surface area (Å²) >= 11 is 0. The summed E-state index contributed by atoms with van der Waals surface area (Å²) in [5.74, 6) is -1.71. The van der Waals surface area contributed by atoms with E-state index in [2.05, 4.69) is 20.8 Å². The van der Waals surface area contributed by atoms with Gasteiger partial charge in [0.2, 0.25) is 0 Å². The van der Waals surface area contributed by atoms with E-state index in [0.717, 1.165) is 32.1 Å². The molecule has 1 saturated carbocycles. The Balaban J connectivity index is 2.58. The van der Waals surface area contributed by atoms with Crippen molar-refractivity contribution in [3.63, 3.8) is 0 Å². The summed E-state index contributed by atoms with van der Waals surface area (Å²) in [6, 6.07) is -1.23.